The van der Waals surface area contributed by atoms with Crippen LogP contribution in [0, 0.1) is 6.92 Å². The van der Waals surface area contributed by atoms with Gasteiger partial charge in [0.1, 0.15) is 5.82 Å². The first kappa shape index (κ1) is 13.0. The Kier molecular flexibility index (Phi) is 3.93. The molecule has 1 aromatic carbocycles. The molecular formula is C13H14BrN3O. The third-order valence-corrected chi connectivity index (χ3v) is 3.17. The molecule has 0 bridgehead atoms. The van der Waals surface area contributed by atoms with E-state index in [-0.39, 0.29) is 5.56 Å². The average Bonchev–Trinajstić information content (AvgIpc) is 2.33. The zero-order valence-corrected chi connectivity index (χ0v) is 11.8. The van der Waals surface area contributed by atoms with Crippen LogP contribution in [0.3, 0.4) is 0 Å². The van der Waals surface area contributed by atoms with E-state index in [2.05, 4.69) is 31.2 Å². The minimum absolute atomic E-state index is 0.0909. The lowest BCUT2D eigenvalue weighted by Gasteiger charge is -2.07. The lowest BCUT2D eigenvalue weighted by Crippen LogP contribution is -2.21. The van der Waals surface area contributed by atoms with E-state index in [4.69, 9.17) is 0 Å². The van der Waals surface area contributed by atoms with Gasteiger partial charge in [0.05, 0.1) is 5.56 Å². The Hall–Kier alpha value is -1.46. The second-order valence-corrected chi connectivity index (χ2v) is 4.93. The molecule has 2 N–H and O–H groups in total. The van der Waals surface area contributed by atoms with Crippen molar-refractivity contribution in [2.24, 2.45) is 0 Å². The maximum Gasteiger partial charge on any atom is 0.255 e. The highest BCUT2D eigenvalue weighted by molar-refractivity contribution is 9.10. The molecule has 0 atom stereocenters. The first-order valence-corrected chi connectivity index (χ1v) is 6.41. The smallest absolute Gasteiger partial charge is 0.255 e. The number of H-pyrrole nitrogens is 1. The van der Waals surface area contributed by atoms with Gasteiger partial charge in [-0.1, -0.05) is 28.1 Å². The molecule has 5 heteroatoms. The largest absolute Gasteiger partial charge is 0.315 e. The van der Waals surface area contributed by atoms with Crippen LogP contribution in [-0.4, -0.2) is 17.0 Å². The van der Waals surface area contributed by atoms with E-state index in [1.807, 2.05) is 31.2 Å². The van der Waals surface area contributed by atoms with Crippen LogP contribution in [0.25, 0.3) is 11.4 Å². The zero-order valence-electron chi connectivity index (χ0n) is 10.2. The van der Waals surface area contributed by atoms with E-state index in [9.17, 15) is 4.79 Å². The van der Waals surface area contributed by atoms with Crippen molar-refractivity contribution in [2.45, 2.75) is 13.5 Å². The summed E-state index contributed by atoms with van der Waals surface area (Å²) in [5, 5.41) is 2.97. The summed E-state index contributed by atoms with van der Waals surface area (Å²) in [5.41, 5.74) is 2.23. The van der Waals surface area contributed by atoms with Gasteiger partial charge in [0.2, 0.25) is 0 Å². The molecule has 18 heavy (non-hydrogen) atoms. The van der Waals surface area contributed by atoms with Gasteiger partial charge >= 0.3 is 0 Å². The number of aromatic nitrogens is 2. The van der Waals surface area contributed by atoms with E-state index in [0.717, 1.165) is 15.7 Å². The molecule has 0 saturated heterocycles. The molecule has 0 aliphatic heterocycles. The third kappa shape index (κ3) is 2.68. The van der Waals surface area contributed by atoms with Gasteiger partial charge in [-0.3, -0.25) is 4.79 Å². The monoisotopic (exact) mass is 307 g/mol. The van der Waals surface area contributed by atoms with E-state index >= 15 is 0 Å². The average molecular weight is 308 g/mol. The van der Waals surface area contributed by atoms with Crippen LogP contribution in [0.15, 0.2) is 33.5 Å². The van der Waals surface area contributed by atoms with Crippen molar-refractivity contribution in [1.29, 1.82) is 0 Å². The Morgan fingerprint density at radius 2 is 2.22 bits per heavy atom. The Labute approximate surface area is 114 Å². The minimum Gasteiger partial charge on any atom is -0.315 e. The van der Waals surface area contributed by atoms with Gasteiger partial charge in [0.15, 0.2) is 0 Å². The summed E-state index contributed by atoms with van der Waals surface area (Å²) in [7, 11) is 1.81. The molecule has 0 saturated carbocycles. The SMILES string of the molecule is CNCc1c(C)nc(-c2cccc(Br)c2)[nH]c1=O. The van der Waals surface area contributed by atoms with Crippen molar-refractivity contribution >= 4 is 15.9 Å². The molecule has 94 valence electrons. The number of halogens is 1. The standard InChI is InChI=1S/C13H14BrN3O/c1-8-11(7-15-2)13(18)17-12(16-8)9-4-3-5-10(14)6-9/h3-6,15H,7H2,1-2H3,(H,16,17,18). The van der Waals surface area contributed by atoms with Crippen molar-refractivity contribution in [2.75, 3.05) is 7.05 Å². The summed E-state index contributed by atoms with van der Waals surface area (Å²) in [4.78, 5) is 19.2. The summed E-state index contributed by atoms with van der Waals surface area (Å²) in [6, 6.07) is 7.69. The molecule has 2 rings (SSSR count). The topological polar surface area (TPSA) is 57.8 Å². The number of aryl methyl sites for hydroxylation is 1. The predicted octanol–water partition coefficient (Wildman–Crippen LogP) is 2.23. The molecule has 1 aromatic heterocycles. The number of rotatable bonds is 3. The number of nitrogens with zero attached hydrogens (tertiary/aromatic N) is 1. The normalized spacial score (nSPS) is 10.6. The summed E-state index contributed by atoms with van der Waals surface area (Å²) in [6.45, 7) is 2.37. The van der Waals surface area contributed by atoms with E-state index in [1.165, 1.54) is 0 Å². The number of aromatic amines is 1. The van der Waals surface area contributed by atoms with Crippen LogP contribution in [0.1, 0.15) is 11.3 Å². The molecular weight excluding hydrogens is 294 g/mol. The van der Waals surface area contributed by atoms with Crippen molar-refractivity contribution in [1.82, 2.24) is 15.3 Å². The molecule has 0 aliphatic rings. The first-order valence-electron chi connectivity index (χ1n) is 5.62. The lowest BCUT2D eigenvalue weighted by molar-refractivity contribution is 0.787. The summed E-state index contributed by atoms with van der Waals surface area (Å²) < 4.78 is 0.958. The molecule has 1 heterocycles. The highest BCUT2D eigenvalue weighted by atomic mass is 79.9. The van der Waals surface area contributed by atoms with Gasteiger partial charge < -0.3 is 10.3 Å². The van der Waals surface area contributed by atoms with Crippen molar-refractivity contribution in [3.05, 3.63) is 50.3 Å². The van der Waals surface area contributed by atoms with Crippen molar-refractivity contribution in [3.63, 3.8) is 0 Å². The maximum absolute atomic E-state index is 12.0. The molecule has 0 radical (unpaired) electrons. The number of hydrogen-bond donors (Lipinski definition) is 2. The van der Waals surface area contributed by atoms with Gasteiger partial charge in [-0.2, -0.15) is 0 Å². The Morgan fingerprint density at radius 1 is 1.44 bits per heavy atom. The van der Waals surface area contributed by atoms with E-state index < -0.39 is 0 Å². The molecule has 0 aliphatic carbocycles. The zero-order chi connectivity index (χ0) is 13.1. The van der Waals surface area contributed by atoms with E-state index in [0.29, 0.717) is 17.9 Å². The Morgan fingerprint density at radius 3 is 2.83 bits per heavy atom. The van der Waals surface area contributed by atoms with Gasteiger partial charge in [-0.05, 0) is 26.1 Å². The summed E-state index contributed by atoms with van der Waals surface area (Å²) in [5.74, 6) is 0.596. The second-order valence-electron chi connectivity index (χ2n) is 4.02. The fourth-order valence-electron chi connectivity index (χ4n) is 1.77. The quantitative estimate of drug-likeness (QED) is 0.914. The van der Waals surface area contributed by atoms with Crippen LogP contribution in [0.4, 0.5) is 0 Å². The van der Waals surface area contributed by atoms with Gasteiger partial charge in [0.25, 0.3) is 5.56 Å². The number of nitrogens with one attached hydrogen (secondary N) is 2. The molecule has 0 amide bonds. The summed E-state index contributed by atoms with van der Waals surface area (Å²) in [6.07, 6.45) is 0. The predicted molar refractivity (Wildman–Crippen MR) is 75.5 cm³/mol. The van der Waals surface area contributed by atoms with Crippen molar-refractivity contribution in [3.8, 4) is 11.4 Å². The molecule has 0 unspecified atom stereocenters. The van der Waals surface area contributed by atoms with E-state index in [1.54, 1.807) is 7.05 Å². The molecule has 2 aromatic rings. The number of hydrogen-bond acceptors (Lipinski definition) is 3. The van der Waals surface area contributed by atoms with Crippen LogP contribution in [0.5, 0.6) is 0 Å². The molecule has 0 spiro atoms. The highest BCUT2D eigenvalue weighted by Gasteiger charge is 2.08. The van der Waals surface area contributed by atoms with Gasteiger partial charge in [-0.25, -0.2) is 4.98 Å². The lowest BCUT2D eigenvalue weighted by atomic mass is 10.2. The van der Waals surface area contributed by atoms with Crippen LogP contribution < -0.4 is 10.9 Å². The summed E-state index contributed by atoms with van der Waals surface area (Å²) >= 11 is 3.41. The highest BCUT2D eigenvalue weighted by Crippen LogP contribution is 2.19. The molecule has 0 fully saturated rings. The second kappa shape index (κ2) is 5.46. The first-order chi connectivity index (χ1) is 8.61. The molecule has 4 nitrogen and oxygen atoms in total. The fraction of sp³-hybridized carbons (Fsp3) is 0.231. The van der Waals surface area contributed by atoms with Crippen LogP contribution in [-0.2, 0) is 6.54 Å². The van der Waals surface area contributed by atoms with Gasteiger partial charge in [-0.15, -0.1) is 0 Å². The van der Waals surface area contributed by atoms with Crippen LogP contribution >= 0.6 is 15.9 Å². The minimum atomic E-state index is -0.0909. The van der Waals surface area contributed by atoms with Crippen LogP contribution in [0.2, 0.25) is 0 Å². The third-order valence-electron chi connectivity index (χ3n) is 2.67. The fourth-order valence-corrected chi connectivity index (χ4v) is 2.17. The van der Waals surface area contributed by atoms with Crippen molar-refractivity contribution < 1.29 is 0 Å². The van der Waals surface area contributed by atoms with Gasteiger partial charge in [0, 0.05) is 22.3 Å². The Balaban J connectivity index is 2.51. The maximum atomic E-state index is 12.0. The number of benzene rings is 1. The Bertz CT molecular complexity index is 622.